The molecule has 1 heterocycles. The van der Waals surface area contributed by atoms with Crippen molar-refractivity contribution in [3.63, 3.8) is 0 Å². The third-order valence-corrected chi connectivity index (χ3v) is 3.60. The van der Waals surface area contributed by atoms with Crippen LogP contribution < -0.4 is 0 Å². The zero-order valence-electron chi connectivity index (χ0n) is 11.0. The topological polar surface area (TPSA) is 91.7 Å². The van der Waals surface area contributed by atoms with Crippen LogP contribution in [0.15, 0.2) is 29.0 Å². The fourth-order valence-corrected chi connectivity index (χ4v) is 2.31. The third-order valence-electron chi connectivity index (χ3n) is 2.86. The van der Waals surface area contributed by atoms with Crippen molar-refractivity contribution in [2.75, 3.05) is 7.11 Å². The lowest BCUT2D eigenvalue weighted by molar-refractivity contribution is 0.0600. The summed E-state index contributed by atoms with van der Waals surface area (Å²) in [6.45, 7) is 0.361. The molecule has 2 aromatic rings. The van der Waals surface area contributed by atoms with Gasteiger partial charge in [0.05, 0.1) is 25.5 Å². The molecule has 0 fully saturated rings. The lowest BCUT2D eigenvalue weighted by Gasteiger charge is -2.08. The largest absolute Gasteiger partial charge is 0.465 e. The zero-order chi connectivity index (χ0) is 15.4. The van der Waals surface area contributed by atoms with Crippen LogP contribution in [0.4, 0.5) is 0 Å². The van der Waals surface area contributed by atoms with Crippen LogP contribution in [-0.4, -0.2) is 22.6 Å². The van der Waals surface area contributed by atoms with Gasteiger partial charge in [-0.25, -0.2) is 9.78 Å². The summed E-state index contributed by atoms with van der Waals surface area (Å²) < 4.78 is 6.94. The molecule has 0 aliphatic carbocycles. The van der Waals surface area contributed by atoms with Gasteiger partial charge >= 0.3 is 5.97 Å². The van der Waals surface area contributed by atoms with E-state index in [1.165, 1.54) is 13.4 Å². The zero-order valence-corrected chi connectivity index (χ0v) is 12.6. The molecule has 0 saturated carbocycles. The van der Waals surface area contributed by atoms with Crippen molar-refractivity contribution in [3.8, 4) is 12.1 Å². The number of ether oxygens (including phenoxy) is 1. The number of carbonyl (C=O) groups excluding carboxylic acids is 1. The molecule has 21 heavy (non-hydrogen) atoms. The summed E-state index contributed by atoms with van der Waals surface area (Å²) in [6.07, 6.45) is 1.44. The van der Waals surface area contributed by atoms with Crippen molar-refractivity contribution in [3.05, 3.63) is 51.5 Å². The maximum Gasteiger partial charge on any atom is 0.337 e. The van der Waals surface area contributed by atoms with E-state index < -0.39 is 5.97 Å². The normalized spacial score (nSPS) is 9.71. The molecule has 1 aromatic carbocycles. The number of halogens is 1. The molecule has 0 spiro atoms. The van der Waals surface area contributed by atoms with E-state index in [-0.39, 0.29) is 11.4 Å². The van der Waals surface area contributed by atoms with Crippen LogP contribution in [0, 0.1) is 22.7 Å². The molecule has 0 atom stereocenters. The Kier molecular flexibility index (Phi) is 4.36. The lowest BCUT2D eigenvalue weighted by atomic mass is 10.1. The number of nitrogens with zero attached hydrogens (tertiary/aromatic N) is 4. The van der Waals surface area contributed by atoms with Gasteiger partial charge in [-0.3, -0.25) is 0 Å². The number of hydrogen-bond acceptors (Lipinski definition) is 5. The van der Waals surface area contributed by atoms with E-state index in [0.29, 0.717) is 16.6 Å². The van der Waals surface area contributed by atoms with Gasteiger partial charge in [-0.1, -0.05) is 22.0 Å². The van der Waals surface area contributed by atoms with Crippen LogP contribution in [0.5, 0.6) is 0 Å². The van der Waals surface area contributed by atoms with Crippen LogP contribution in [-0.2, 0) is 11.3 Å². The molecule has 2 rings (SSSR count). The number of rotatable bonds is 3. The second kappa shape index (κ2) is 6.21. The van der Waals surface area contributed by atoms with Crippen LogP contribution in [0.1, 0.15) is 27.3 Å². The SMILES string of the molecule is COC(=O)c1ccc(Cn2cnc(C#N)c2C#N)c(Br)c1. The molecule has 0 bridgehead atoms. The Morgan fingerprint density at radius 3 is 2.76 bits per heavy atom. The average Bonchev–Trinajstić information content (AvgIpc) is 2.90. The van der Waals surface area contributed by atoms with E-state index in [2.05, 4.69) is 25.7 Å². The molecule has 7 heteroatoms. The van der Waals surface area contributed by atoms with Crippen LogP contribution in [0.2, 0.25) is 0 Å². The summed E-state index contributed by atoms with van der Waals surface area (Å²) in [7, 11) is 1.32. The Labute approximate surface area is 129 Å². The number of methoxy groups -OCH3 is 1. The molecule has 0 aliphatic rings. The van der Waals surface area contributed by atoms with Gasteiger partial charge in [0.15, 0.2) is 11.4 Å². The molecule has 0 unspecified atom stereocenters. The van der Waals surface area contributed by atoms with E-state index in [0.717, 1.165) is 5.56 Å². The molecule has 0 aliphatic heterocycles. The molecular weight excluding hydrogens is 336 g/mol. The first-order valence-corrected chi connectivity index (χ1v) is 6.62. The molecule has 0 saturated heterocycles. The fraction of sp³-hybridized carbons (Fsp3) is 0.143. The summed E-state index contributed by atoms with van der Waals surface area (Å²) >= 11 is 3.38. The quantitative estimate of drug-likeness (QED) is 0.796. The number of hydrogen-bond donors (Lipinski definition) is 0. The number of benzene rings is 1. The highest BCUT2D eigenvalue weighted by Crippen LogP contribution is 2.21. The van der Waals surface area contributed by atoms with E-state index in [4.69, 9.17) is 10.5 Å². The number of carbonyl (C=O) groups is 1. The Morgan fingerprint density at radius 2 is 2.19 bits per heavy atom. The van der Waals surface area contributed by atoms with Crippen molar-refractivity contribution in [1.29, 1.82) is 10.5 Å². The van der Waals surface area contributed by atoms with Crippen LogP contribution in [0.3, 0.4) is 0 Å². The first-order valence-electron chi connectivity index (χ1n) is 5.82. The van der Waals surface area contributed by atoms with Crippen molar-refractivity contribution in [2.45, 2.75) is 6.54 Å². The second-order valence-electron chi connectivity index (χ2n) is 4.09. The average molecular weight is 345 g/mol. The maximum absolute atomic E-state index is 11.4. The van der Waals surface area contributed by atoms with Crippen molar-refractivity contribution >= 4 is 21.9 Å². The highest BCUT2D eigenvalue weighted by atomic mass is 79.9. The minimum absolute atomic E-state index is 0.0970. The molecule has 0 radical (unpaired) electrons. The molecular formula is C14H9BrN4O2. The van der Waals surface area contributed by atoms with Gasteiger partial charge in [0.25, 0.3) is 0 Å². The lowest BCUT2D eigenvalue weighted by Crippen LogP contribution is -2.05. The number of nitriles is 2. The first kappa shape index (κ1) is 14.8. The van der Waals surface area contributed by atoms with Gasteiger partial charge < -0.3 is 9.30 Å². The first-order chi connectivity index (χ1) is 10.1. The highest BCUT2D eigenvalue weighted by molar-refractivity contribution is 9.10. The van der Waals surface area contributed by atoms with Gasteiger partial charge in [-0.2, -0.15) is 10.5 Å². The summed E-state index contributed by atoms with van der Waals surface area (Å²) in [4.78, 5) is 15.3. The van der Waals surface area contributed by atoms with Crippen molar-refractivity contribution in [2.24, 2.45) is 0 Å². The molecule has 104 valence electrons. The minimum atomic E-state index is -0.422. The second-order valence-corrected chi connectivity index (χ2v) is 4.95. The highest BCUT2D eigenvalue weighted by Gasteiger charge is 2.13. The van der Waals surface area contributed by atoms with Crippen LogP contribution in [0.25, 0.3) is 0 Å². The van der Waals surface area contributed by atoms with E-state index in [1.807, 2.05) is 12.1 Å². The number of esters is 1. The Morgan fingerprint density at radius 1 is 1.43 bits per heavy atom. The standard InChI is InChI=1S/C14H9BrN4O2/c1-21-14(20)9-2-3-10(11(15)4-9)7-19-8-18-12(5-16)13(19)6-17/h2-4,8H,7H2,1H3. The van der Waals surface area contributed by atoms with E-state index in [1.54, 1.807) is 22.8 Å². The van der Waals surface area contributed by atoms with Crippen molar-refractivity contribution in [1.82, 2.24) is 9.55 Å². The van der Waals surface area contributed by atoms with E-state index in [9.17, 15) is 4.79 Å². The van der Waals surface area contributed by atoms with Gasteiger partial charge in [-0.15, -0.1) is 0 Å². The predicted molar refractivity (Wildman–Crippen MR) is 76.2 cm³/mol. The van der Waals surface area contributed by atoms with Crippen molar-refractivity contribution < 1.29 is 9.53 Å². The summed E-state index contributed by atoms with van der Waals surface area (Å²) in [6, 6.07) is 8.87. The van der Waals surface area contributed by atoms with Gasteiger partial charge in [0.2, 0.25) is 0 Å². The Hall–Kier alpha value is -2.64. The van der Waals surface area contributed by atoms with Gasteiger partial charge in [0.1, 0.15) is 12.1 Å². The Balaban J connectivity index is 2.33. The predicted octanol–water partition coefficient (Wildman–Crippen LogP) is 2.22. The smallest absolute Gasteiger partial charge is 0.337 e. The molecule has 1 aromatic heterocycles. The van der Waals surface area contributed by atoms with Gasteiger partial charge in [0, 0.05) is 4.47 Å². The van der Waals surface area contributed by atoms with Crippen LogP contribution >= 0.6 is 15.9 Å². The minimum Gasteiger partial charge on any atom is -0.465 e. The maximum atomic E-state index is 11.4. The van der Waals surface area contributed by atoms with E-state index >= 15 is 0 Å². The fourth-order valence-electron chi connectivity index (χ4n) is 1.81. The monoisotopic (exact) mass is 344 g/mol. The third kappa shape index (κ3) is 2.93. The molecule has 6 nitrogen and oxygen atoms in total. The summed E-state index contributed by atoms with van der Waals surface area (Å²) in [5, 5.41) is 18.0. The summed E-state index contributed by atoms with van der Waals surface area (Å²) in [5.41, 5.74) is 1.58. The summed E-state index contributed by atoms with van der Waals surface area (Å²) in [5.74, 6) is -0.422. The number of imidazole rings is 1. The Bertz CT molecular complexity index is 783. The molecule has 0 N–H and O–H groups in total. The number of aromatic nitrogens is 2. The molecule has 0 amide bonds. The van der Waals surface area contributed by atoms with Gasteiger partial charge in [-0.05, 0) is 17.7 Å².